The van der Waals surface area contributed by atoms with Crippen LogP contribution in [0.15, 0.2) is 17.5 Å². The van der Waals surface area contributed by atoms with Gasteiger partial charge in [-0.1, -0.05) is 0 Å². The Morgan fingerprint density at radius 3 is 2.92 bits per heavy atom. The lowest BCUT2D eigenvalue weighted by Crippen LogP contribution is -1.93. The van der Waals surface area contributed by atoms with Crippen LogP contribution in [-0.4, -0.2) is 13.1 Å². The van der Waals surface area contributed by atoms with Crippen molar-refractivity contribution in [2.75, 3.05) is 7.11 Å². The van der Waals surface area contributed by atoms with Crippen LogP contribution in [0.2, 0.25) is 0 Å². The molecule has 0 aliphatic heterocycles. The first-order chi connectivity index (χ1) is 5.74. The second-order valence-electron chi connectivity index (χ2n) is 2.29. The van der Waals surface area contributed by atoms with Gasteiger partial charge in [-0.2, -0.15) is 0 Å². The number of carbonyl (C=O) groups excluding carboxylic acids is 1. The Kier molecular flexibility index (Phi) is 3.05. The Balaban J connectivity index is 2.69. The minimum Gasteiger partial charge on any atom is -0.466 e. The number of carbonyl (C=O) groups is 1. The molecule has 0 aromatic carbocycles. The fourth-order valence-corrected chi connectivity index (χ4v) is 1.48. The van der Waals surface area contributed by atoms with E-state index in [1.807, 2.05) is 18.4 Å². The predicted octanol–water partition coefficient (Wildman–Crippen LogP) is 2.24. The number of aryl methyl sites for hydroxylation is 1. The Hall–Kier alpha value is -1.09. The zero-order valence-corrected chi connectivity index (χ0v) is 7.85. The van der Waals surface area contributed by atoms with Gasteiger partial charge in [0, 0.05) is 11.0 Å². The SMILES string of the molecule is COC(=O)/C=C/c1ccsc1C. The van der Waals surface area contributed by atoms with Gasteiger partial charge in [0.25, 0.3) is 0 Å². The number of methoxy groups -OCH3 is 1. The van der Waals surface area contributed by atoms with Crippen LogP contribution in [-0.2, 0) is 9.53 Å². The van der Waals surface area contributed by atoms with Gasteiger partial charge in [0.2, 0.25) is 0 Å². The summed E-state index contributed by atoms with van der Waals surface area (Å²) in [6, 6.07) is 1.97. The molecule has 0 aliphatic rings. The fourth-order valence-electron chi connectivity index (χ4n) is 0.794. The third-order valence-electron chi connectivity index (χ3n) is 1.50. The van der Waals surface area contributed by atoms with Gasteiger partial charge in [-0.05, 0) is 30.0 Å². The van der Waals surface area contributed by atoms with Gasteiger partial charge in [-0.15, -0.1) is 11.3 Å². The molecule has 12 heavy (non-hydrogen) atoms. The van der Waals surface area contributed by atoms with Crippen LogP contribution >= 0.6 is 11.3 Å². The maximum Gasteiger partial charge on any atom is 0.330 e. The minimum absolute atomic E-state index is 0.319. The van der Waals surface area contributed by atoms with E-state index >= 15 is 0 Å². The molecule has 0 spiro atoms. The molecular formula is C9H10O2S. The summed E-state index contributed by atoms with van der Waals surface area (Å²) in [7, 11) is 1.37. The maximum atomic E-state index is 10.7. The molecule has 1 aromatic rings. The number of hydrogen-bond donors (Lipinski definition) is 0. The van der Waals surface area contributed by atoms with Crippen LogP contribution < -0.4 is 0 Å². The Morgan fingerprint density at radius 1 is 1.67 bits per heavy atom. The molecule has 0 bridgehead atoms. The molecule has 0 amide bonds. The summed E-state index contributed by atoms with van der Waals surface area (Å²) in [4.78, 5) is 11.9. The molecule has 1 aromatic heterocycles. The number of rotatable bonds is 2. The summed E-state index contributed by atoms with van der Waals surface area (Å²) >= 11 is 1.66. The van der Waals surface area contributed by atoms with E-state index in [4.69, 9.17) is 0 Å². The van der Waals surface area contributed by atoms with Gasteiger partial charge in [0.1, 0.15) is 0 Å². The van der Waals surface area contributed by atoms with Crippen LogP contribution in [0.4, 0.5) is 0 Å². The monoisotopic (exact) mass is 182 g/mol. The highest BCUT2D eigenvalue weighted by molar-refractivity contribution is 7.10. The standard InChI is InChI=1S/C9H10O2S/c1-7-8(5-6-12-7)3-4-9(10)11-2/h3-6H,1-2H3/b4-3+. The summed E-state index contributed by atoms with van der Waals surface area (Å²) in [6.07, 6.45) is 3.19. The van der Waals surface area contributed by atoms with E-state index in [0.717, 1.165) is 5.56 Å². The van der Waals surface area contributed by atoms with Crippen LogP contribution in [0.1, 0.15) is 10.4 Å². The van der Waals surface area contributed by atoms with Gasteiger partial charge in [0.05, 0.1) is 7.11 Å². The number of thiophene rings is 1. The van der Waals surface area contributed by atoms with Crippen molar-refractivity contribution in [2.24, 2.45) is 0 Å². The molecule has 0 atom stereocenters. The summed E-state index contributed by atoms with van der Waals surface area (Å²) in [6.45, 7) is 2.02. The van der Waals surface area contributed by atoms with Crippen molar-refractivity contribution in [3.63, 3.8) is 0 Å². The van der Waals surface area contributed by atoms with Crippen LogP contribution in [0, 0.1) is 6.92 Å². The van der Waals surface area contributed by atoms with Crippen LogP contribution in [0.3, 0.4) is 0 Å². The van der Waals surface area contributed by atoms with Gasteiger partial charge < -0.3 is 4.74 Å². The number of esters is 1. The van der Waals surface area contributed by atoms with Crippen LogP contribution in [0.25, 0.3) is 6.08 Å². The van der Waals surface area contributed by atoms with Gasteiger partial charge in [0.15, 0.2) is 0 Å². The van der Waals surface area contributed by atoms with Crippen molar-refractivity contribution < 1.29 is 9.53 Å². The molecule has 3 heteroatoms. The van der Waals surface area contributed by atoms with Gasteiger partial charge in [-0.25, -0.2) is 4.79 Å². The second kappa shape index (κ2) is 4.07. The molecule has 1 rings (SSSR count). The van der Waals surface area contributed by atoms with E-state index < -0.39 is 0 Å². The maximum absolute atomic E-state index is 10.7. The highest BCUT2D eigenvalue weighted by Crippen LogP contribution is 2.16. The molecule has 1 heterocycles. The zero-order valence-electron chi connectivity index (χ0n) is 7.03. The minimum atomic E-state index is -0.319. The first-order valence-corrected chi connectivity index (χ1v) is 4.42. The number of ether oxygens (including phenoxy) is 1. The van der Waals surface area contributed by atoms with Crippen molar-refractivity contribution >= 4 is 23.4 Å². The van der Waals surface area contributed by atoms with Crippen molar-refractivity contribution in [3.8, 4) is 0 Å². The van der Waals surface area contributed by atoms with Gasteiger partial charge in [-0.3, -0.25) is 0 Å². The fraction of sp³-hybridized carbons (Fsp3) is 0.222. The molecule has 0 saturated heterocycles. The largest absolute Gasteiger partial charge is 0.466 e. The third kappa shape index (κ3) is 2.20. The van der Waals surface area contributed by atoms with E-state index in [2.05, 4.69) is 4.74 Å². The molecule has 64 valence electrons. The molecule has 0 unspecified atom stereocenters. The average molecular weight is 182 g/mol. The first kappa shape index (κ1) is 9.00. The molecule has 0 aliphatic carbocycles. The molecule has 0 saturated carbocycles. The normalized spacial score (nSPS) is 10.5. The molecule has 0 N–H and O–H groups in total. The van der Waals surface area contributed by atoms with Gasteiger partial charge >= 0.3 is 5.97 Å². The Labute approximate surface area is 75.5 Å². The lowest BCUT2D eigenvalue weighted by Gasteiger charge is -1.90. The summed E-state index contributed by atoms with van der Waals surface area (Å²) in [5.74, 6) is -0.319. The predicted molar refractivity (Wildman–Crippen MR) is 50.1 cm³/mol. The molecule has 0 radical (unpaired) electrons. The highest BCUT2D eigenvalue weighted by Gasteiger charge is 1.95. The van der Waals surface area contributed by atoms with E-state index in [0.29, 0.717) is 0 Å². The van der Waals surface area contributed by atoms with Crippen molar-refractivity contribution in [3.05, 3.63) is 28.0 Å². The summed E-state index contributed by atoms with van der Waals surface area (Å²) < 4.78 is 4.47. The molecule has 2 nitrogen and oxygen atoms in total. The first-order valence-electron chi connectivity index (χ1n) is 3.54. The van der Waals surface area contributed by atoms with E-state index in [1.54, 1.807) is 17.4 Å². The summed E-state index contributed by atoms with van der Waals surface area (Å²) in [5.41, 5.74) is 1.07. The average Bonchev–Trinajstić information content (AvgIpc) is 2.47. The lowest BCUT2D eigenvalue weighted by molar-refractivity contribution is -0.134. The van der Waals surface area contributed by atoms with E-state index in [9.17, 15) is 4.79 Å². The second-order valence-corrected chi connectivity index (χ2v) is 3.41. The zero-order chi connectivity index (χ0) is 8.97. The van der Waals surface area contributed by atoms with Crippen molar-refractivity contribution in [1.82, 2.24) is 0 Å². The molecule has 0 fully saturated rings. The lowest BCUT2D eigenvalue weighted by atomic mass is 10.2. The highest BCUT2D eigenvalue weighted by atomic mass is 32.1. The Bertz CT molecular complexity index is 299. The van der Waals surface area contributed by atoms with E-state index in [1.165, 1.54) is 18.1 Å². The topological polar surface area (TPSA) is 26.3 Å². The molecular weight excluding hydrogens is 172 g/mol. The summed E-state index contributed by atoms with van der Waals surface area (Å²) in [5, 5.41) is 1.99. The third-order valence-corrected chi connectivity index (χ3v) is 2.36. The number of hydrogen-bond acceptors (Lipinski definition) is 3. The van der Waals surface area contributed by atoms with Crippen molar-refractivity contribution in [1.29, 1.82) is 0 Å². The Morgan fingerprint density at radius 2 is 2.42 bits per heavy atom. The van der Waals surface area contributed by atoms with Crippen LogP contribution in [0.5, 0.6) is 0 Å². The van der Waals surface area contributed by atoms with Crippen molar-refractivity contribution in [2.45, 2.75) is 6.92 Å². The smallest absolute Gasteiger partial charge is 0.330 e. The quantitative estimate of drug-likeness (QED) is 0.518. The van der Waals surface area contributed by atoms with E-state index in [-0.39, 0.29) is 5.97 Å².